The Bertz CT molecular complexity index is 732. The van der Waals surface area contributed by atoms with Crippen LogP contribution in [-0.2, 0) is 4.79 Å². The monoisotopic (exact) mass is 341 g/mol. The quantitative estimate of drug-likeness (QED) is 0.853. The summed E-state index contributed by atoms with van der Waals surface area (Å²) in [5.74, 6) is 1.73. The number of rotatable bonds is 3. The van der Waals surface area contributed by atoms with Gasteiger partial charge in [0, 0.05) is 38.1 Å². The average Bonchev–Trinajstić information content (AvgIpc) is 3.30. The molecule has 7 heteroatoms. The predicted octanol–water partition coefficient (Wildman–Crippen LogP) is 2.35. The lowest BCUT2D eigenvalue weighted by Crippen LogP contribution is -2.45. The summed E-state index contributed by atoms with van der Waals surface area (Å²) < 4.78 is 5.43. The normalized spacial score (nSPS) is 23.9. The molecule has 2 aliphatic heterocycles. The zero-order chi connectivity index (χ0) is 17.2. The molecule has 0 spiro atoms. The van der Waals surface area contributed by atoms with Gasteiger partial charge in [-0.05, 0) is 38.7 Å². The number of aryl methyl sites for hydroxylation is 1. The van der Waals surface area contributed by atoms with Gasteiger partial charge in [0.2, 0.25) is 11.9 Å². The fourth-order valence-electron chi connectivity index (χ4n) is 3.92. The number of likely N-dealkylation sites (tertiary alicyclic amines) is 1. The van der Waals surface area contributed by atoms with Crippen molar-refractivity contribution in [3.05, 3.63) is 36.0 Å². The first-order chi connectivity index (χ1) is 12.2. The van der Waals surface area contributed by atoms with Gasteiger partial charge in [-0.15, -0.1) is 0 Å². The first-order valence-corrected chi connectivity index (χ1v) is 8.98. The van der Waals surface area contributed by atoms with Crippen molar-refractivity contribution in [2.45, 2.75) is 38.6 Å². The second-order valence-electron chi connectivity index (χ2n) is 6.89. The van der Waals surface area contributed by atoms with Crippen LogP contribution >= 0.6 is 0 Å². The van der Waals surface area contributed by atoms with Crippen molar-refractivity contribution < 1.29 is 9.32 Å². The molecule has 0 aromatic carbocycles. The Kier molecular flexibility index (Phi) is 4.38. The van der Waals surface area contributed by atoms with Crippen molar-refractivity contribution in [1.82, 2.24) is 20.0 Å². The number of amides is 1. The Morgan fingerprint density at radius 2 is 2.00 bits per heavy atom. The number of hydrogen-bond donors (Lipinski definition) is 0. The van der Waals surface area contributed by atoms with Crippen molar-refractivity contribution in [3.8, 4) is 0 Å². The fraction of sp³-hybridized carbons (Fsp3) is 0.556. The zero-order valence-electron chi connectivity index (χ0n) is 14.5. The molecule has 0 saturated carbocycles. The second kappa shape index (κ2) is 6.82. The van der Waals surface area contributed by atoms with E-state index in [2.05, 4.69) is 20.0 Å². The number of nitrogens with zero attached hydrogens (tertiary/aromatic N) is 5. The van der Waals surface area contributed by atoms with E-state index in [4.69, 9.17) is 4.52 Å². The van der Waals surface area contributed by atoms with E-state index in [0.29, 0.717) is 12.5 Å². The van der Waals surface area contributed by atoms with Crippen molar-refractivity contribution in [2.24, 2.45) is 5.92 Å². The van der Waals surface area contributed by atoms with Crippen LogP contribution in [0.25, 0.3) is 0 Å². The van der Waals surface area contributed by atoms with Crippen molar-refractivity contribution >= 4 is 11.9 Å². The minimum Gasteiger partial charge on any atom is -0.359 e. The predicted molar refractivity (Wildman–Crippen MR) is 91.9 cm³/mol. The van der Waals surface area contributed by atoms with E-state index in [1.807, 2.05) is 24.0 Å². The molecule has 7 nitrogen and oxygen atoms in total. The third-order valence-corrected chi connectivity index (χ3v) is 5.12. The molecule has 25 heavy (non-hydrogen) atoms. The van der Waals surface area contributed by atoms with Gasteiger partial charge in [-0.3, -0.25) is 4.79 Å². The van der Waals surface area contributed by atoms with Gasteiger partial charge in [0.1, 0.15) is 0 Å². The zero-order valence-corrected chi connectivity index (χ0v) is 14.5. The molecule has 0 bridgehead atoms. The molecule has 0 unspecified atom stereocenters. The van der Waals surface area contributed by atoms with Gasteiger partial charge in [0.05, 0.1) is 17.7 Å². The van der Waals surface area contributed by atoms with E-state index in [1.54, 1.807) is 12.4 Å². The molecule has 0 radical (unpaired) electrons. The number of piperidine rings is 1. The molecule has 2 aromatic heterocycles. The SMILES string of the molecule is Cc1cc([C@H]2CCCN2C(=O)[C@@H]2CCCN(c3ncccn3)C2)on1. The first-order valence-electron chi connectivity index (χ1n) is 8.98. The highest BCUT2D eigenvalue weighted by Gasteiger charge is 2.37. The summed E-state index contributed by atoms with van der Waals surface area (Å²) in [5, 5.41) is 3.98. The highest BCUT2D eigenvalue weighted by molar-refractivity contribution is 5.80. The number of carbonyl (C=O) groups is 1. The van der Waals surface area contributed by atoms with E-state index in [9.17, 15) is 4.79 Å². The second-order valence-corrected chi connectivity index (χ2v) is 6.89. The Balaban J connectivity index is 1.48. The molecule has 2 fully saturated rings. The third kappa shape index (κ3) is 3.23. The van der Waals surface area contributed by atoms with E-state index >= 15 is 0 Å². The Morgan fingerprint density at radius 1 is 1.20 bits per heavy atom. The van der Waals surface area contributed by atoms with Crippen LogP contribution in [0.1, 0.15) is 43.2 Å². The Morgan fingerprint density at radius 3 is 2.76 bits per heavy atom. The minimum absolute atomic E-state index is 0.0119. The number of anilines is 1. The van der Waals surface area contributed by atoms with Gasteiger partial charge in [0.25, 0.3) is 0 Å². The summed E-state index contributed by atoms with van der Waals surface area (Å²) in [6, 6.07) is 3.78. The van der Waals surface area contributed by atoms with Gasteiger partial charge in [-0.25, -0.2) is 9.97 Å². The molecule has 2 saturated heterocycles. The Hall–Kier alpha value is -2.44. The summed E-state index contributed by atoms with van der Waals surface area (Å²) in [6.07, 6.45) is 7.34. The molecular weight excluding hydrogens is 318 g/mol. The van der Waals surface area contributed by atoms with Crippen LogP contribution in [0.3, 0.4) is 0 Å². The lowest BCUT2D eigenvalue weighted by Gasteiger charge is -2.35. The summed E-state index contributed by atoms with van der Waals surface area (Å²) in [7, 11) is 0. The minimum atomic E-state index is -0.0119. The smallest absolute Gasteiger partial charge is 0.228 e. The van der Waals surface area contributed by atoms with Gasteiger partial charge in [0.15, 0.2) is 5.76 Å². The van der Waals surface area contributed by atoms with Crippen LogP contribution in [0, 0.1) is 12.8 Å². The van der Waals surface area contributed by atoms with Gasteiger partial charge < -0.3 is 14.3 Å². The first kappa shape index (κ1) is 16.1. The molecule has 0 aliphatic carbocycles. The molecule has 2 aromatic rings. The maximum atomic E-state index is 13.2. The molecule has 2 atom stereocenters. The van der Waals surface area contributed by atoms with Crippen LogP contribution in [0.5, 0.6) is 0 Å². The van der Waals surface area contributed by atoms with Gasteiger partial charge >= 0.3 is 0 Å². The van der Waals surface area contributed by atoms with E-state index in [1.165, 1.54) is 0 Å². The molecule has 132 valence electrons. The van der Waals surface area contributed by atoms with Crippen LogP contribution in [0.15, 0.2) is 29.0 Å². The topological polar surface area (TPSA) is 75.4 Å². The molecule has 1 amide bonds. The lowest BCUT2D eigenvalue weighted by molar-refractivity contribution is -0.137. The van der Waals surface area contributed by atoms with Crippen molar-refractivity contribution in [1.29, 1.82) is 0 Å². The van der Waals surface area contributed by atoms with Crippen LogP contribution in [-0.4, -0.2) is 45.6 Å². The number of hydrogen-bond acceptors (Lipinski definition) is 6. The largest absolute Gasteiger partial charge is 0.359 e. The highest BCUT2D eigenvalue weighted by atomic mass is 16.5. The van der Waals surface area contributed by atoms with Gasteiger partial charge in [-0.1, -0.05) is 5.16 Å². The summed E-state index contributed by atoms with van der Waals surface area (Å²) >= 11 is 0. The standard InChI is InChI=1S/C18H23N5O2/c1-13-11-16(25-21-13)15-6-3-10-23(15)17(24)14-5-2-9-22(12-14)18-19-7-4-8-20-18/h4,7-8,11,14-15H,2-3,5-6,9-10,12H2,1H3/t14-,15-/m1/s1. The van der Waals surface area contributed by atoms with E-state index < -0.39 is 0 Å². The van der Waals surface area contributed by atoms with Gasteiger partial charge in [-0.2, -0.15) is 0 Å². The third-order valence-electron chi connectivity index (χ3n) is 5.12. The molecule has 0 N–H and O–H groups in total. The fourth-order valence-corrected chi connectivity index (χ4v) is 3.92. The summed E-state index contributed by atoms with van der Waals surface area (Å²) in [4.78, 5) is 25.9. The average molecular weight is 341 g/mol. The lowest BCUT2D eigenvalue weighted by atomic mass is 9.96. The van der Waals surface area contributed by atoms with Crippen LogP contribution in [0.4, 0.5) is 5.95 Å². The van der Waals surface area contributed by atoms with Crippen molar-refractivity contribution in [2.75, 3.05) is 24.5 Å². The molecule has 4 rings (SSSR count). The maximum Gasteiger partial charge on any atom is 0.228 e. The Labute approximate surface area is 147 Å². The highest BCUT2D eigenvalue weighted by Crippen LogP contribution is 2.34. The molecule has 4 heterocycles. The van der Waals surface area contributed by atoms with Crippen molar-refractivity contribution in [3.63, 3.8) is 0 Å². The maximum absolute atomic E-state index is 13.2. The molecular formula is C18H23N5O2. The molecule has 2 aliphatic rings. The summed E-state index contributed by atoms with van der Waals surface area (Å²) in [5.41, 5.74) is 0.861. The van der Waals surface area contributed by atoms with E-state index in [-0.39, 0.29) is 17.9 Å². The number of aromatic nitrogens is 3. The van der Waals surface area contributed by atoms with E-state index in [0.717, 1.165) is 50.2 Å². The number of carbonyl (C=O) groups excluding carboxylic acids is 1. The van der Waals surface area contributed by atoms with Crippen LogP contribution < -0.4 is 4.90 Å². The van der Waals surface area contributed by atoms with Crippen LogP contribution in [0.2, 0.25) is 0 Å². The summed E-state index contributed by atoms with van der Waals surface area (Å²) in [6.45, 7) is 4.29.